The van der Waals surface area contributed by atoms with Crippen LogP contribution in [-0.4, -0.2) is 13.7 Å². The summed E-state index contributed by atoms with van der Waals surface area (Å²) in [6.07, 6.45) is 1.22. The van der Waals surface area contributed by atoms with Crippen molar-refractivity contribution in [3.63, 3.8) is 0 Å². The standard InChI is InChI=1S/C8H10ClNO3/c1-3-13-8-7(12-2)4-6(9)5-10(8)11/h4-5H,3H2,1-2H3. The van der Waals surface area contributed by atoms with Gasteiger partial charge < -0.3 is 14.7 Å². The van der Waals surface area contributed by atoms with Crippen LogP contribution in [0.4, 0.5) is 0 Å². The second-order valence-corrected chi connectivity index (χ2v) is 2.73. The molecule has 1 heterocycles. The Balaban J connectivity index is 3.13. The lowest BCUT2D eigenvalue weighted by Gasteiger charge is -2.08. The van der Waals surface area contributed by atoms with E-state index in [9.17, 15) is 5.21 Å². The molecule has 13 heavy (non-hydrogen) atoms. The summed E-state index contributed by atoms with van der Waals surface area (Å²) in [6.45, 7) is 2.19. The van der Waals surface area contributed by atoms with Crippen LogP contribution in [0.15, 0.2) is 12.3 Å². The summed E-state index contributed by atoms with van der Waals surface area (Å²) < 4.78 is 10.6. The van der Waals surface area contributed by atoms with Gasteiger partial charge in [0.25, 0.3) is 0 Å². The van der Waals surface area contributed by atoms with Gasteiger partial charge in [-0.3, -0.25) is 0 Å². The van der Waals surface area contributed by atoms with Gasteiger partial charge >= 0.3 is 5.88 Å². The highest BCUT2D eigenvalue weighted by molar-refractivity contribution is 6.30. The highest BCUT2D eigenvalue weighted by Crippen LogP contribution is 2.25. The van der Waals surface area contributed by atoms with Crippen molar-refractivity contribution in [1.29, 1.82) is 0 Å². The molecule has 0 atom stereocenters. The van der Waals surface area contributed by atoms with Crippen LogP contribution in [0.1, 0.15) is 6.92 Å². The van der Waals surface area contributed by atoms with E-state index < -0.39 is 0 Å². The first-order valence-electron chi connectivity index (χ1n) is 3.78. The molecule has 0 spiro atoms. The molecule has 5 heteroatoms. The lowest BCUT2D eigenvalue weighted by atomic mass is 10.4. The largest absolute Gasteiger partial charge is 0.616 e. The molecule has 0 N–H and O–H groups in total. The predicted molar refractivity (Wildman–Crippen MR) is 48.1 cm³/mol. The van der Waals surface area contributed by atoms with Crippen molar-refractivity contribution in [2.75, 3.05) is 13.7 Å². The monoisotopic (exact) mass is 203 g/mol. The van der Waals surface area contributed by atoms with Crippen LogP contribution in [-0.2, 0) is 0 Å². The molecule has 4 nitrogen and oxygen atoms in total. The summed E-state index contributed by atoms with van der Waals surface area (Å²) in [5.41, 5.74) is 0. The minimum Gasteiger partial charge on any atom is -0.616 e. The van der Waals surface area contributed by atoms with Gasteiger partial charge in [-0.1, -0.05) is 11.6 Å². The summed E-state index contributed by atoms with van der Waals surface area (Å²) in [7, 11) is 1.45. The Hall–Kier alpha value is -1.16. The average Bonchev–Trinajstić information content (AvgIpc) is 2.09. The number of ether oxygens (including phenoxy) is 2. The fourth-order valence-electron chi connectivity index (χ4n) is 0.921. The minimum atomic E-state index is 0.134. The van der Waals surface area contributed by atoms with E-state index in [4.69, 9.17) is 21.1 Å². The second-order valence-electron chi connectivity index (χ2n) is 2.29. The molecular formula is C8H10ClNO3. The number of nitrogens with zero attached hydrogens (tertiary/aromatic N) is 1. The smallest absolute Gasteiger partial charge is 0.423 e. The number of pyridine rings is 1. The summed E-state index contributed by atoms with van der Waals surface area (Å²) in [4.78, 5) is 0. The van der Waals surface area contributed by atoms with Gasteiger partial charge in [-0.2, -0.15) is 0 Å². The van der Waals surface area contributed by atoms with Gasteiger partial charge in [0.15, 0.2) is 0 Å². The van der Waals surface area contributed by atoms with E-state index in [-0.39, 0.29) is 5.88 Å². The SMILES string of the molecule is CCOc1c(OC)cc(Cl)c[n+]1[O-]. The Kier molecular flexibility index (Phi) is 3.19. The van der Waals surface area contributed by atoms with Gasteiger partial charge in [-0.05, 0) is 6.92 Å². The first kappa shape index (κ1) is 9.92. The normalized spacial score (nSPS) is 9.77. The zero-order chi connectivity index (χ0) is 9.84. The van der Waals surface area contributed by atoms with Crippen molar-refractivity contribution in [1.82, 2.24) is 0 Å². The van der Waals surface area contributed by atoms with Crippen molar-refractivity contribution in [2.24, 2.45) is 0 Å². The van der Waals surface area contributed by atoms with Crippen molar-refractivity contribution < 1.29 is 14.2 Å². The number of aromatic nitrogens is 1. The maximum absolute atomic E-state index is 11.2. The molecule has 0 aliphatic rings. The molecule has 0 amide bonds. The molecule has 72 valence electrons. The summed E-state index contributed by atoms with van der Waals surface area (Å²) in [6, 6.07) is 1.53. The number of methoxy groups -OCH3 is 1. The molecule has 1 rings (SSSR count). The molecule has 0 aromatic carbocycles. The van der Waals surface area contributed by atoms with E-state index in [1.54, 1.807) is 6.92 Å². The third-order valence-corrected chi connectivity index (χ3v) is 1.63. The third kappa shape index (κ3) is 2.15. The van der Waals surface area contributed by atoms with E-state index >= 15 is 0 Å². The van der Waals surface area contributed by atoms with Gasteiger partial charge in [-0.25, -0.2) is 0 Å². The minimum absolute atomic E-state index is 0.134. The fraction of sp³-hybridized carbons (Fsp3) is 0.375. The number of hydrogen-bond acceptors (Lipinski definition) is 3. The molecule has 0 saturated heterocycles. The molecule has 0 bridgehead atoms. The van der Waals surface area contributed by atoms with Crippen molar-refractivity contribution >= 4 is 11.6 Å². The predicted octanol–water partition coefficient (Wildman–Crippen LogP) is 1.38. The Morgan fingerprint density at radius 3 is 2.85 bits per heavy atom. The zero-order valence-electron chi connectivity index (χ0n) is 7.41. The molecule has 1 aromatic rings. The highest BCUT2D eigenvalue weighted by atomic mass is 35.5. The molecule has 0 aliphatic carbocycles. The third-order valence-electron chi connectivity index (χ3n) is 1.42. The van der Waals surface area contributed by atoms with Gasteiger partial charge in [0.05, 0.1) is 13.7 Å². The first-order chi connectivity index (χ1) is 6.19. The quantitative estimate of drug-likeness (QED) is 0.551. The van der Waals surface area contributed by atoms with Gasteiger partial charge in [0, 0.05) is 6.07 Å². The van der Waals surface area contributed by atoms with Crippen molar-refractivity contribution in [3.05, 3.63) is 22.5 Å². The summed E-state index contributed by atoms with van der Waals surface area (Å²) in [5, 5.41) is 11.6. The number of hydrogen-bond donors (Lipinski definition) is 0. The maximum atomic E-state index is 11.2. The van der Waals surface area contributed by atoms with Crippen LogP contribution in [0.5, 0.6) is 11.6 Å². The van der Waals surface area contributed by atoms with Gasteiger partial charge in [-0.15, -0.1) is 4.73 Å². The molecule has 0 radical (unpaired) electrons. The van der Waals surface area contributed by atoms with Crippen LogP contribution in [0, 0.1) is 5.21 Å². The van der Waals surface area contributed by atoms with Crippen LogP contribution in [0.25, 0.3) is 0 Å². The molecule has 0 aliphatic heterocycles. The van der Waals surface area contributed by atoms with E-state index in [0.717, 1.165) is 0 Å². The molecule has 0 fully saturated rings. The average molecular weight is 204 g/mol. The number of rotatable bonds is 3. The Morgan fingerprint density at radius 2 is 2.31 bits per heavy atom. The van der Waals surface area contributed by atoms with Gasteiger partial charge in [0.2, 0.25) is 11.9 Å². The Labute approximate surface area is 81.2 Å². The lowest BCUT2D eigenvalue weighted by Crippen LogP contribution is -2.29. The van der Waals surface area contributed by atoms with E-state index in [1.165, 1.54) is 19.4 Å². The molecule has 0 saturated carbocycles. The maximum Gasteiger partial charge on any atom is 0.423 e. The summed E-state index contributed by atoms with van der Waals surface area (Å²) in [5.74, 6) is 0.471. The Bertz CT molecular complexity index is 304. The number of halogens is 1. The molecule has 1 aromatic heterocycles. The van der Waals surface area contributed by atoms with Crippen molar-refractivity contribution in [2.45, 2.75) is 6.92 Å². The van der Waals surface area contributed by atoms with Crippen molar-refractivity contribution in [3.8, 4) is 11.6 Å². The second kappa shape index (κ2) is 4.18. The van der Waals surface area contributed by atoms with E-state index in [0.29, 0.717) is 22.1 Å². The molecule has 0 unspecified atom stereocenters. The Morgan fingerprint density at radius 1 is 1.62 bits per heavy atom. The zero-order valence-corrected chi connectivity index (χ0v) is 8.17. The first-order valence-corrected chi connectivity index (χ1v) is 4.16. The topological polar surface area (TPSA) is 45.4 Å². The summed E-state index contributed by atoms with van der Waals surface area (Å²) >= 11 is 5.64. The van der Waals surface area contributed by atoms with Crippen LogP contribution < -0.4 is 14.2 Å². The van der Waals surface area contributed by atoms with E-state index in [1.807, 2.05) is 0 Å². The van der Waals surface area contributed by atoms with Gasteiger partial charge in [0.1, 0.15) is 5.02 Å². The molecular weight excluding hydrogens is 194 g/mol. The lowest BCUT2D eigenvalue weighted by molar-refractivity contribution is -0.613. The fourth-order valence-corrected chi connectivity index (χ4v) is 1.11. The van der Waals surface area contributed by atoms with E-state index in [2.05, 4.69) is 0 Å². The van der Waals surface area contributed by atoms with Crippen LogP contribution in [0.3, 0.4) is 0 Å². The highest BCUT2D eigenvalue weighted by Gasteiger charge is 2.16. The van der Waals surface area contributed by atoms with Crippen LogP contribution in [0.2, 0.25) is 5.02 Å². The van der Waals surface area contributed by atoms with Crippen LogP contribution >= 0.6 is 11.6 Å².